The highest BCUT2D eigenvalue weighted by molar-refractivity contribution is 5.72. The first-order chi connectivity index (χ1) is 15.9. The number of nitrogens with zero attached hydrogens (tertiary/aromatic N) is 4. The Hall–Kier alpha value is -2.94. The van der Waals surface area contributed by atoms with E-state index in [4.69, 9.17) is 4.74 Å². The Bertz CT molecular complexity index is 979. The summed E-state index contributed by atoms with van der Waals surface area (Å²) in [6, 6.07) is 6.19. The van der Waals surface area contributed by atoms with Crippen LogP contribution in [0.4, 0.5) is 27.5 Å². The number of likely N-dealkylation sites (N-methyl/N-ethyl adjacent to an activating group) is 1. The molecule has 2 heterocycles. The zero-order valence-electron chi connectivity index (χ0n) is 19.6. The molecule has 178 valence electrons. The zero-order valence-corrected chi connectivity index (χ0v) is 19.6. The number of carbonyl (C=O) groups excluding carboxylic acids is 1. The second-order valence-electron chi connectivity index (χ2n) is 9.09. The van der Waals surface area contributed by atoms with Crippen LogP contribution in [0.3, 0.4) is 0 Å². The first kappa shape index (κ1) is 23.2. The Morgan fingerprint density at radius 1 is 1.24 bits per heavy atom. The molecule has 1 saturated carbocycles. The predicted molar refractivity (Wildman–Crippen MR) is 127 cm³/mol. The highest BCUT2D eigenvalue weighted by Gasteiger charge is 2.30. The quantitative estimate of drug-likeness (QED) is 0.614. The normalized spacial score (nSPS) is 21.2. The van der Waals surface area contributed by atoms with Crippen LogP contribution in [0.15, 0.2) is 24.4 Å². The van der Waals surface area contributed by atoms with Crippen molar-refractivity contribution in [3.05, 3.63) is 35.8 Å². The molecule has 0 spiro atoms. The summed E-state index contributed by atoms with van der Waals surface area (Å²) in [5.74, 6) is 0.0658. The molecule has 1 aliphatic heterocycles. The van der Waals surface area contributed by atoms with Crippen molar-refractivity contribution < 1.29 is 13.9 Å². The van der Waals surface area contributed by atoms with Gasteiger partial charge in [0.25, 0.3) is 0 Å². The fourth-order valence-corrected chi connectivity index (χ4v) is 4.70. The van der Waals surface area contributed by atoms with E-state index in [0.717, 1.165) is 51.1 Å². The molecule has 33 heavy (non-hydrogen) atoms. The molecule has 4 rings (SSSR count). The third-order valence-electron chi connectivity index (χ3n) is 6.67. The molecule has 0 unspecified atom stereocenters. The molecule has 0 amide bonds. The Kier molecular flexibility index (Phi) is 7.27. The van der Waals surface area contributed by atoms with Gasteiger partial charge in [-0.25, -0.2) is 9.37 Å². The molecular weight excluding hydrogens is 423 g/mol. The summed E-state index contributed by atoms with van der Waals surface area (Å²) in [7, 11) is 3.57. The third kappa shape index (κ3) is 5.71. The van der Waals surface area contributed by atoms with E-state index in [2.05, 4.69) is 56.5 Å². The SMILES string of the molecule is COC(=O)[C@H]1CC[C@@H](CNc2nc(Nc3ccc(N4CCN(C)CC4)c(C)c3)ncc2F)C1. The van der Waals surface area contributed by atoms with E-state index in [-0.39, 0.29) is 23.6 Å². The van der Waals surface area contributed by atoms with Crippen LogP contribution in [-0.2, 0) is 9.53 Å². The first-order valence-electron chi connectivity index (χ1n) is 11.6. The second kappa shape index (κ2) is 10.3. The van der Waals surface area contributed by atoms with Crippen LogP contribution in [-0.4, -0.2) is 67.7 Å². The third-order valence-corrected chi connectivity index (χ3v) is 6.67. The molecule has 2 aromatic rings. The van der Waals surface area contributed by atoms with Crippen LogP contribution < -0.4 is 15.5 Å². The maximum Gasteiger partial charge on any atom is 0.308 e. The minimum atomic E-state index is -0.496. The number of carbonyl (C=O) groups is 1. The van der Waals surface area contributed by atoms with Gasteiger partial charge in [0.15, 0.2) is 11.6 Å². The molecule has 2 fully saturated rings. The largest absolute Gasteiger partial charge is 0.469 e. The first-order valence-corrected chi connectivity index (χ1v) is 11.6. The number of methoxy groups -OCH3 is 1. The summed E-state index contributed by atoms with van der Waals surface area (Å²) in [6.07, 6.45) is 3.64. The zero-order chi connectivity index (χ0) is 23.4. The second-order valence-corrected chi connectivity index (χ2v) is 9.09. The smallest absolute Gasteiger partial charge is 0.308 e. The summed E-state index contributed by atoms with van der Waals surface area (Å²) in [4.78, 5) is 24.9. The van der Waals surface area contributed by atoms with Gasteiger partial charge in [-0.1, -0.05) is 0 Å². The summed E-state index contributed by atoms with van der Waals surface area (Å²) >= 11 is 0. The molecule has 1 saturated heterocycles. The van der Waals surface area contributed by atoms with E-state index < -0.39 is 5.82 Å². The van der Waals surface area contributed by atoms with Gasteiger partial charge in [0.2, 0.25) is 5.95 Å². The molecular formula is C24H33FN6O2. The molecule has 8 nitrogen and oxygen atoms in total. The number of ether oxygens (including phenoxy) is 1. The van der Waals surface area contributed by atoms with Gasteiger partial charge in [-0.05, 0) is 62.9 Å². The molecule has 2 atom stereocenters. The molecule has 0 radical (unpaired) electrons. The van der Waals surface area contributed by atoms with Crippen LogP contribution >= 0.6 is 0 Å². The molecule has 1 aromatic carbocycles. The average molecular weight is 457 g/mol. The van der Waals surface area contributed by atoms with Gasteiger partial charge in [-0.2, -0.15) is 4.98 Å². The van der Waals surface area contributed by atoms with Crippen LogP contribution in [0.5, 0.6) is 0 Å². The number of aromatic nitrogens is 2. The van der Waals surface area contributed by atoms with Gasteiger partial charge in [0, 0.05) is 44.1 Å². The van der Waals surface area contributed by atoms with E-state index >= 15 is 0 Å². The Morgan fingerprint density at radius 3 is 2.76 bits per heavy atom. The van der Waals surface area contributed by atoms with Gasteiger partial charge < -0.3 is 25.2 Å². The number of halogens is 1. The highest BCUT2D eigenvalue weighted by atomic mass is 19.1. The Labute approximate surface area is 194 Å². The standard InChI is InChI=1S/C24H33FN6O2/c1-16-12-19(6-7-21(16)31-10-8-30(2)9-11-31)28-24-27-15-20(25)22(29-24)26-14-17-4-5-18(13-17)23(32)33-3/h6-7,12,15,17-18H,4-5,8-11,13-14H2,1-3H3,(H2,26,27,28,29)/t17-,18+/m1/s1. The molecule has 1 aromatic heterocycles. The topological polar surface area (TPSA) is 82.6 Å². The molecule has 9 heteroatoms. The van der Waals surface area contributed by atoms with Crippen molar-refractivity contribution in [2.45, 2.75) is 26.2 Å². The van der Waals surface area contributed by atoms with Gasteiger partial charge in [0.1, 0.15) is 0 Å². The van der Waals surface area contributed by atoms with Crippen LogP contribution in [0.2, 0.25) is 0 Å². The van der Waals surface area contributed by atoms with Crippen LogP contribution in [0.1, 0.15) is 24.8 Å². The van der Waals surface area contributed by atoms with Crippen molar-refractivity contribution in [3.8, 4) is 0 Å². The van der Waals surface area contributed by atoms with Gasteiger partial charge in [0.05, 0.1) is 19.2 Å². The minimum Gasteiger partial charge on any atom is -0.469 e. The van der Waals surface area contributed by atoms with Crippen molar-refractivity contribution in [3.63, 3.8) is 0 Å². The van der Waals surface area contributed by atoms with E-state index in [9.17, 15) is 9.18 Å². The lowest BCUT2D eigenvalue weighted by Crippen LogP contribution is -2.44. The van der Waals surface area contributed by atoms with E-state index in [1.807, 2.05) is 6.07 Å². The molecule has 2 N–H and O–H groups in total. The number of hydrogen-bond donors (Lipinski definition) is 2. The number of benzene rings is 1. The molecule has 0 bridgehead atoms. The average Bonchev–Trinajstić information content (AvgIpc) is 3.29. The summed E-state index contributed by atoms with van der Waals surface area (Å²) in [5, 5.41) is 6.29. The lowest BCUT2D eigenvalue weighted by atomic mass is 10.1. The highest BCUT2D eigenvalue weighted by Crippen LogP contribution is 2.32. The van der Waals surface area contributed by atoms with E-state index in [1.165, 1.54) is 24.6 Å². The number of nitrogens with one attached hydrogen (secondary N) is 2. The monoisotopic (exact) mass is 456 g/mol. The number of rotatable bonds is 7. The van der Waals surface area contributed by atoms with Gasteiger partial charge in [-0.3, -0.25) is 4.79 Å². The van der Waals surface area contributed by atoms with Gasteiger partial charge in [-0.15, -0.1) is 0 Å². The summed E-state index contributed by atoms with van der Waals surface area (Å²) in [5.41, 5.74) is 3.27. The fraction of sp³-hybridized carbons (Fsp3) is 0.542. The van der Waals surface area contributed by atoms with E-state index in [1.54, 1.807) is 0 Å². The van der Waals surface area contributed by atoms with Crippen molar-refractivity contribution in [1.29, 1.82) is 0 Å². The number of piperazine rings is 1. The lowest BCUT2D eigenvalue weighted by Gasteiger charge is -2.35. The van der Waals surface area contributed by atoms with E-state index in [0.29, 0.717) is 12.5 Å². The Morgan fingerprint density at radius 2 is 2.03 bits per heavy atom. The minimum absolute atomic E-state index is 0.0636. The number of hydrogen-bond acceptors (Lipinski definition) is 8. The van der Waals surface area contributed by atoms with Crippen LogP contribution in [0.25, 0.3) is 0 Å². The molecule has 1 aliphatic carbocycles. The maximum absolute atomic E-state index is 14.3. The number of anilines is 4. The number of esters is 1. The van der Waals surface area contributed by atoms with Gasteiger partial charge >= 0.3 is 5.97 Å². The van der Waals surface area contributed by atoms with Crippen molar-refractivity contribution >= 4 is 29.1 Å². The van der Waals surface area contributed by atoms with Crippen LogP contribution in [0, 0.1) is 24.6 Å². The molecule has 2 aliphatic rings. The summed E-state index contributed by atoms with van der Waals surface area (Å²) < 4.78 is 19.1. The lowest BCUT2D eigenvalue weighted by molar-refractivity contribution is -0.145. The maximum atomic E-state index is 14.3. The fourth-order valence-electron chi connectivity index (χ4n) is 4.70. The Balaban J connectivity index is 1.37. The van der Waals surface area contributed by atoms with Crippen molar-refractivity contribution in [1.82, 2.24) is 14.9 Å². The summed E-state index contributed by atoms with van der Waals surface area (Å²) in [6.45, 7) is 6.80. The van der Waals surface area contributed by atoms with Crippen molar-refractivity contribution in [2.24, 2.45) is 11.8 Å². The number of aryl methyl sites for hydroxylation is 1. The predicted octanol–water partition coefficient (Wildman–Crippen LogP) is 3.42. The van der Waals surface area contributed by atoms with Crippen molar-refractivity contribution in [2.75, 3.05) is 62.4 Å².